The fraction of sp³-hybridized carbons (Fsp3) is 0. The lowest BCUT2D eigenvalue weighted by Gasteiger charge is -2.11. The Morgan fingerprint density at radius 3 is 2.22 bits per heavy atom. The summed E-state index contributed by atoms with van der Waals surface area (Å²) in [4.78, 5) is 27.8. The Bertz CT molecular complexity index is 1550. The number of aromatic nitrogens is 1. The summed E-state index contributed by atoms with van der Waals surface area (Å²) in [5, 5.41) is 21.3. The predicted octanol–water partition coefficient (Wildman–Crippen LogP) is 6.88. The van der Waals surface area contributed by atoms with Gasteiger partial charge in [0, 0.05) is 57.7 Å². The fourth-order valence-electron chi connectivity index (χ4n) is 3.78. The molecule has 36 heavy (non-hydrogen) atoms. The maximum Gasteiger partial charge on any atom is 0.270 e. The molecule has 0 saturated carbocycles. The third-order valence-corrected chi connectivity index (χ3v) is 5.54. The minimum absolute atomic E-state index is 0.00592. The van der Waals surface area contributed by atoms with Gasteiger partial charge in [-0.25, -0.2) is 0 Å². The highest BCUT2D eigenvalue weighted by Gasteiger charge is 2.11. The summed E-state index contributed by atoms with van der Waals surface area (Å²) in [7, 11) is 0. The van der Waals surface area contributed by atoms with Crippen molar-refractivity contribution in [2.24, 2.45) is 0 Å². The number of non-ortho nitro benzene ring substituents is 1. The van der Waals surface area contributed by atoms with Crippen LogP contribution in [-0.2, 0) is 0 Å². The van der Waals surface area contributed by atoms with Gasteiger partial charge in [-0.2, -0.15) is 0 Å². The molecule has 0 bridgehead atoms. The van der Waals surface area contributed by atoms with Gasteiger partial charge in [0.25, 0.3) is 11.6 Å². The van der Waals surface area contributed by atoms with Crippen LogP contribution in [0.1, 0.15) is 10.4 Å². The Hall–Kier alpha value is -5.24. The Labute approximate surface area is 206 Å². The van der Waals surface area contributed by atoms with Crippen molar-refractivity contribution in [3.8, 4) is 0 Å². The maximum absolute atomic E-state index is 12.8. The lowest BCUT2D eigenvalue weighted by atomic mass is 10.1. The highest BCUT2D eigenvalue weighted by atomic mass is 16.6. The molecule has 3 N–H and O–H groups in total. The average molecular weight is 476 g/mol. The van der Waals surface area contributed by atoms with Gasteiger partial charge in [0.15, 0.2) is 0 Å². The van der Waals surface area contributed by atoms with Gasteiger partial charge in [-0.05, 0) is 66.7 Å². The molecule has 0 aliphatic rings. The number of anilines is 5. The van der Waals surface area contributed by atoms with Gasteiger partial charge < -0.3 is 16.0 Å². The number of nitro groups is 1. The monoisotopic (exact) mass is 475 g/mol. The second-order valence-corrected chi connectivity index (χ2v) is 8.05. The Kier molecular flexibility index (Phi) is 6.23. The molecule has 0 unspecified atom stereocenters. The predicted molar refractivity (Wildman–Crippen MR) is 142 cm³/mol. The first-order chi connectivity index (χ1) is 17.5. The third-order valence-electron chi connectivity index (χ3n) is 5.54. The summed E-state index contributed by atoms with van der Waals surface area (Å²) in [5.41, 5.74) is 5.05. The van der Waals surface area contributed by atoms with Gasteiger partial charge >= 0.3 is 0 Å². The van der Waals surface area contributed by atoms with E-state index in [0.717, 1.165) is 17.1 Å². The summed E-state index contributed by atoms with van der Waals surface area (Å²) in [5.74, 6) is -0.233. The van der Waals surface area contributed by atoms with Crippen LogP contribution in [0.15, 0.2) is 109 Å². The molecule has 0 atom stereocenters. The summed E-state index contributed by atoms with van der Waals surface area (Å²) in [6.07, 6.45) is 1.64. The third kappa shape index (κ3) is 5.13. The Balaban J connectivity index is 1.29. The van der Waals surface area contributed by atoms with Crippen molar-refractivity contribution in [2.75, 3.05) is 16.0 Å². The summed E-state index contributed by atoms with van der Waals surface area (Å²) in [6, 6.07) is 30.6. The highest BCUT2D eigenvalue weighted by Crippen LogP contribution is 2.28. The number of carbonyl (C=O) groups is 1. The molecule has 1 heterocycles. The SMILES string of the molecule is O=C(Nc1cccc(Nc2ccccc2)c1)c1ccc(Nc2ccnc3ccc([N+](=O)[O-])cc23)cc1. The van der Waals surface area contributed by atoms with Crippen molar-refractivity contribution >= 4 is 50.9 Å². The standard InChI is InChI=1S/C28H21N5O3/c34-28(32-23-8-4-7-22(17-23)30-20-5-2-1-3-6-20)19-9-11-21(12-10-19)31-27-15-16-29-26-14-13-24(33(35)36)18-25(26)27/h1-18,30H,(H,29,31)(H,32,34). The molecule has 1 aromatic heterocycles. The number of benzene rings is 4. The molecule has 0 fully saturated rings. The van der Waals surface area contributed by atoms with E-state index in [-0.39, 0.29) is 11.6 Å². The second-order valence-electron chi connectivity index (χ2n) is 8.05. The van der Waals surface area contributed by atoms with Gasteiger partial charge in [0.05, 0.1) is 10.4 Å². The number of para-hydroxylation sites is 1. The lowest BCUT2D eigenvalue weighted by Crippen LogP contribution is -2.11. The van der Waals surface area contributed by atoms with Crippen LogP contribution in [0.2, 0.25) is 0 Å². The minimum atomic E-state index is -0.433. The van der Waals surface area contributed by atoms with Crippen LogP contribution in [0.3, 0.4) is 0 Å². The van der Waals surface area contributed by atoms with Crippen molar-refractivity contribution in [2.45, 2.75) is 0 Å². The molecule has 176 valence electrons. The molecule has 0 aliphatic carbocycles. The zero-order valence-electron chi connectivity index (χ0n) is 19.0. The zero-order chi connectivity index (χ0) is 24.9. The Morgan fingerprint density at radius 1 is 0.722 bits per heavy atom. The van der Waals surface area contributed by atoms with E-state index in [2.05, 4.69) is 20.9 Å². The molecule has 0 radical (unpaired) electrons. The second kappa shape index (κ2) is 9.94. The number of fused-ring (bicyclic) bond motifs is 1. The normalized spacial score (nSPS) is 10.6. The minimum Gasteiger partial charge on any atom is -0.355 e. The number of carbonyl (C=O) groups excluding carboxylic acids is 1. The van der Waals surface area contributed by atoms with Crippen molar-refractivity contribution < 1.29 is 9.72 Å². The van der Waals surface area contributed by atoms with E-state index in [1.54, 1.807) is 42.6 Å². The van der Waals surface area contributed by atoms with Gasteiger partial charge in [-0.1, -0.05) is 24.3 Å². The summed E-state index contributed by atoms with van der Waals surface area (Å²) >= 11 is 0. The van der Waals surface area contributed by atoms with Crippen LogP contribution in [-0.4, -0.2) is 15.8 Å². The fourth-order valence-corrected chi connectivity index (χ4v) is 3.78. The molecular formula is C28H21N5O3. The summed E-state index contributed by atoms with van der Waals surface area (Å²) in [6.45, 7) is 0. The van der Waals surface area contributed by atoms with E-state index in [1.165, 1.54) is 12.1 Å². The first kappa shape index (κ1) is 22.5. The van der Waals surface area contributed by atoms with Gasteiger partial charge in [-0.15, -0.1) is 0 Å². The van der Waals surface area contributed by atoms with Crippen LogP contribution < -0.4 is 16.0 Å². The van der Waals surface area contributed by atoms with Crippen LogP contribution >= 0.6 is 0 Å². The maximum atomic E-state index is 12.8. The van der Waals surface area contributed by atoms with Gasteiger partial charge in [-0.3, -0.25) is 19.9 Å². The quantitative estimate of drug-likeness (QED) is 0.175. The number of nitrogens with zero attached hydrogens (tertiary/aromatic N) is 2. The number of amides is 1. The van der Waals surface area contributed by atoms with Crippen molar-refractivity contribution in [3.05, 3.63) is 125 Å². The number of nitrogens with one attached hydrogen (secondary N) is 3. The molecule has 5 aromatic rings. The lowest BCUT2D eigenvalue weighted by molar-refractivity contribution is -0.384. The van der Waals surface area contributed by atoms with Crippen molar-refractivity contribution in [1.29, 1.82) is 0 Å². The largest absolute Gasteiger partial charge is 0.355 e. The molecule has 0 saturated heterocycles. The molecule has 0 aliphatic heterocycles. The first-order valence-electron chi connectivity index (χ1n) is 11.2. The van der Waals surface area contributed by atoms with Crippen LogP contribution in [0.25, 0.3) is 10.9 Å². The molecule has 1 amide bonds. The van der Waals surface area contributed by atoms with E-state index in [0.29, 0.717) is 27.8 Å². The molecule has 8 heteroatoms. The molecule has 8 nitrogen and oxygen atoms in total. The number of nitro benzene ring substituents is 1. The number of hydrogen-bond donors (Lipinski definition) is 3. The summed E-state index contributed by atoms with van der Waals surface area (Å²) < 4.78 is 0. The zero-order valence-corrected chi connectivity index (χ0v) is 19.0. The van der Waals surface area contributed by atoms with Crippen LogP contribution in [0, 0.1) is 10.1 Å². The number of pyridine rings is 1. The molecular weight excluding hydrogens is 454 g/mol. The smallest absolute Gasteiger partial charge is 0.270 e. The van der Waals surface area contributed by atoms with Gasteiger partial charge in [0.1, 0.15) is 0 Å². The topological polar surface area (TPSA) is 109 Å². The van der Waals surface area contributed by atoms with Crippen molar-refractivity contribution in [1.82, 2.24) is 4.98 Å². The van der Waals surface area contributed by atoms with E-state index in [4.69, 9.17) is 0 Å². The number of hydrogen-bond acceptors (Lipinski definition) is 6. The van der Waals surface area contributed by atoms with Crippen LogP contribution in [0.5, 0.6) is 0 Å². The van der Waals surface area contributed by atoms with Crippen molar-refractivity contribution in [3.63, 3.8) is 0 Å². The highest BCUT2D eigenvalue weighted by molar-refractivity contribution is 6.04. The van der Waals surface area contributed by atoms with E-state index in [1.807, 2.05) is 54.6 Å². The molecule has 5 rings (SSSR count). The van der Waals surface area contributed by atoms with E-state index >= 15 is 0 Å². The molecule has 4 aromatic carbocycles. The average Bonchev–Trinajstić information content (AvgIpc) is 2.90. The van der Waals surface area contributed by atoms with Crippen LogP contribution in [0.4, 0.5) is 34.1 Å². The first-order valence-corrected chi connectivity index (χ1v) is 11.2. The number of rotatable bonds is 7. The van der Waals surface area contributed by atoms with Gasteiger partial charge in [0.2, 0.25) is 0 Å². The van der Waals surface area contributed by atoms with E-state index in [9.17, 15) is 14.9 Å². The van der Waals surface area contributed by atoms with E-state index < -0.39 is 4.92 Å². The Morgan fingerprint density at radius 2 is 1.44 bits per heavy atom. The molecule has 0 spiro atoms.